The molecule has 6 N–H and O–H groups in total. The maximum absolute atomic E-state index is 12.3. The number of hydrogen-bond acceptors (Lipinski definition) is 24. The van der Waals surface area contributed by atoms with E-state index >= 15 is 0 Å². The normalized spacial score (nSPS) is 11.8. The van der Waals surface area contributed by atoms with Crippen LogP contribution >= 0.6 is 0 Å². The van der Waals surface area contributed by atoms with E-state index < -0.39 is 17.9 Å². The van der Waals surface area contributed by atoms with Crippen molar-refractivity contribution in [1.82, 2.24) is 73.6 Å². The van der Waals surface area contributed by atoms with Gasteiger partial charge in [-0.3, -0.25) is 4.68 Å². The molecule has 7 aromatic heterocycles. The molecule has 7 heterocycles. The molecule has 0 fully saturated rings. The fourth-order valence-electron chi connectivity index (χ4n) is 5.77. The van der Waals surface area contributed by atoms with Crippen LogP contribution in [-0.4, -0.2) is 113 Å². The van der Waals surface area contributed by atoms with E-state index in [2.05, 4.69) is 76.2 Å². The lowest BCUT2D eigenvalue weighted by Gasteiger charge is -2.09. The van der Waals surface area contributed by atoms with Crippen LogP contribution in [0.5, 0.6) is 0 Å². The Morgan fingerprint density at radius 2 is 0.873 bits per heavy atom. The minimum Gasteiger partial charge on any atom is -0.465 e. The molecule has 30 heteroatoms. The van der Waals surface area contributed by atoms with Crippen LogP contribution in [0.25, 0.3) is 17.8 Å². The molecule has 0 unspecified atom stereocenters. The van der Waals surface area contributed by atoms with Gasteiger partial charge < -0.3 is 31.4 Å². The van der Waals surface area contributed by atoms with E-state index in [0.717, 1.165) is 14.0 Å². The number of nitrogens with zero attached hydrogens (tertiary/aromatic N) is 21. The van der Waals surface area contributed by atoms with Gasteiger partial charge in [0.2, 0.25) is 5.82 Å². The molecular formula is C33H36N24O6. The maximum atomic E-state index is 12.3. The summed E-state index contributed by atoms with van der Waals surface area (Å²) in [7, 11) is 8.40. The maximum Gasteiger partial charge on any atom is 0.343 e. The van der Waals surface area contributed by atoms with Crippen LogP contribution in [0.15, 0.2) is 49.3 Å². The summed E-state index contributed by atoms with van der Waals surface area (Å²) in [5, 5.41) is 51.2. The average Bonchev–Trinajstić information content (AvgIpc) is 4.11. The van der Waals surface area contributed by atoms with Crippen LogP contribution < -0.4 is 17.2 Å². The molecule has 0 bridgehead atoms. The molecule has 63 heavy (non-hydrogen) atoms. The molecule has 0 aliphatic carbocycles. The first kappa shape index (κ1) is 42.0. The molecule has 0 aliphatic rings. The number of methoxy groups -OCH3 is 3. The number of aryl methyl sites for hydroxylation is 6. The molecule has 324 valence electrons. The number of hydrogen-bond donors (Lipinski definition) is 3. The van der Waals surface area contributed by atoms with Gasteiger partial charge in [0.15, 0.2) is 46.2 Å². The van der Waals surface area contributed by atoms with E-state index in [1.54, 1.807) is 41.9 Å². The number of rotatable bonds is 12. The summed E-state index contributed by atoms with van der Waals surface area (Å²) in [6, 6.07) is 0. The molecule has 30 nitrogen and oxygen atoms in total. The average molecular weight is 865 g/mol. The summed E-state index contributed by atoms with van der Waals surface area (Å²) < 4.78 is 22.0. The molecule has 0 amide bonds. The Labute approximate surface area is 353 Å². The Morgan fingerprint density at radius 1 is 0.524 bits per heavy atom. The SMILES string of the molecule is COC(=O)c1cn(C)nc1N=Nc1c(C)nn(-c2nc(-n3nc(C)c(N=Nc4c(C(=O)OC)cnn4C)c3N)nc(-n3nc(C)c(N=Nc4c(C(=O)OC)cnn4C)c3N)n2)c1N. The molecule has 0 aromatic carbocycles. The van der Waals surface area contributed by atoms with Crippen molar-refractivity contribution in [2.75, 3.05) is 38.5 Å². The summed E-state index contributed by atoms with van der Waals surface area (Å²) in [6.45, 7) is 4.81. The standard InChI is InChI=1S/C33H36N24O6/c1-13-19(42-45-25-18(30(60)63-9)12-52(4)51-25)22(34)55(48-13)31-39-32(56-23(35)20(14(2)49-56)43-46-26-16(28(58)61-7)10-37-53(26)5)41-33(40-31)57-24(36)21(15(3)50-57)44-47-27-17(29(59)62-8)11-38-54(27)6/h10-12H,34-36H2,1-9H3. The fraction of sp³-hybridized carbons (Fsp3) is 0.273. The van der Waals surface area contributed by atoms with Crippen LogP contribution in [0.4, 0.5) is 52.0 Å². The number of carbonyl (C=O) groups excluding carboxylic acids is 3. The summed E-state index contributed by atoms with van der Waals surface area (Å²) in [5.74, 6) is -2.77. The van der Waals surface area contributed by atoms with Crippen molar-refractivity contribution in [3.63, 3.8) is 0 Å². The smallest absolute Gasteiger partial charge is 0.343 e. The number of nitrogens with two attached hydrogens (primary N) is 3. The monoisotopic (exact) mass is 864 g/mol. The molecule has 0 saturated heterocycles. The van der Waals surface area contributed by atoms with Gasteiger partial charge in [0, 0.05) is 27.3 Å². The fourth-order valence-corrected chi connectivity index (χ4v) is 5.77. The highest BCUT2D eigenvalue weighted by atomic mass is 16.5. The van der Waals surface area contributed by atoms with E-state index in [9.17, 15) is 14.4 Å². The van der Waals surface area contributed by atoms with Crippen LogP contribution in [0.1, 0.15) is 48.2 Å². The summed E-state index contributed by atoms with van der Waals surface area (Å²) >= 11 is 0. The van der Waals surface area contributed by atoms with Crippen LogP contribution in [-0.2, 0) is 35.4 Å². The molecule has 0 saturated carbocycles. The summed E-state index contributed by atoms with van der Waals surface area (Å²) in [4.78, 5) is 50.8. The first-order valence-electron chi connectivity index (χ1n) is 18.0. The zero-order valence-corrected chi connectivity index (χ0v) is 34.8. The van der Waals surface area contributed by atoms with Crippen LogP contribution in [0, 0.1) is 20.8 Å². The number of aromatic nitrogens is 15. The molecule has 0 atom stereocenters. The van der Waals surface area contributed by atoms with Crippen molar-refractivity contribution in [2.24, 2.45) is 51.8 Å². The molecule has 0 radical (unpaired) electrons. The Hall–Kier alpha value is -9.12. The number of azo groups is 3. The van der Waals surface area contributed by atoms with Crippen molar-refractivity contribution in [3.8, 4) is 17.8 Å². The van der Waals surface area contributed by atoms with Gasteiger partial charge in [-0.1, -0.05) is 0 Å². The molecule has 7 rings (SSSR count). The lowest BCUT2D eigenvalue weighted by Crippen LogP contribution is -2.17. The third-order valence-corrected chi connectivity index (χ3v) is 8.93. The van der Waals surface area contributed by atoms with E-state index in [4.69, 9.17) is 31.4 Å². The van der Waals surface area contributed by atoms with Crippen molar-refractivity contribution >= 4 is 69.9 Å². The Morgan fingerprint density at radius 3 is 1.24 bits per heavy atom. The second-order valence-corrected chi connectivity index (χ2v) is 13.1. The lowest BCUT2D eigenvalue weighted by atomic mass is 10.3. The zero-order valence-electron chi connectivity index (χ0n) is 34.8. The van der Waals surface area contributed by atoms with Crippen molar-refractivity contribution in [1.29, 1.82) is 0 Å². The minimum absolute atomic E-state index is 0.0366. The highest BCUT2D eigenvalue weighted by Crippen LogP contribution is 2.35. The minimum atomic E-state index is -0.677. The van der Waals surface area contributed by atoms with Crippen LogP contribution in [0.2, 0.25) is 0 Å². The van der Waals surface area contributed by atoms with Gasteiger partial charge >= 0.3 is 17.9 Å². The van der Waals surface area contributed by atoms with Gasteiger partial charge in [-0.2, -0.15) is 59.6 Å². The van der Waals surface area contributed by atoms with Crippen molar-refractivity contribution in [2.45, 2.75) is 20.8 Å². The highest BCUT2D eigenvalue weighted by Gasteiger charge is 2.26. The highest BCUT2D eigenvalue weighted by molar-refractivity contribution is 5.94. The van der Waals surface area contributed by atoms with E-state index in [1.165, 1.54) is 54.0 Å². The van der Waals surface area contributed by atoms with E-state index in [-0.39, 0.29) is 104 Å². The molecule has 0 aliphatic heterocycles. The Bertz CT molecular complexity index is 2910. The van der Waals surface area contributed by atoms with Crippen LogP contribution in [0.3, 0.4) is 0 Å². The van der Waals surface area contributed by atoms with Gasteiger partial charge in [-0.25, -0.2) is 23.7 Å². The third kappa shape index (κ3) is 7.64. The summed E-state index contributed by atoms with van der Waals surface area (Å²) in [5.41, 5.74) is 21.1. The Balaban J connectivity index is 1.36. The largest absolute Gasteiger partial charge is 0.465 e. The number of anilines is 3. The number of carbonyl (C=O) groups is 3. The van der Waals surface area contributed by atoms with Gasteiger partial charge in [-0.05, 0) is 20.8 Å². The lowest BCUT2D eigenvalue weighted by molar-refractivity contribution is 0.0592. The van der Waals surface area contributed by atoms with Crippen molar-refractivity contribution in [3.05, 3.63) is 52.4 Å². The second kappa shape index (κ2) is 16.5. The van der Waals surface area contributed by atoms with Gasteiger partial charge in [0.1, 0.15) is 16.7 Å². The summed E-state index contributed by atoms with van der Waals surface area (Å²) in [6.07, 6.45) is 4.00. The van der Waals surface area contributed by atoms with Gasteiger partial charge in [0.25, 0.3) is 17.8 Å². The number of nitrogen functional groups attached to an aromatic ring is 3. The third-order valence-electron chi connectivity index (χ3n) is 8.93. The Kier molecular flexibility index (Phi) is 11.0. The zero-order chi connectivity index (χ0) is 45.4. The van der Waals surface area contributed by atoms with Crippen molar-refractivity contribution < 1.29 is 28.6 Å². The first-order chi connectivity index (χ1) is 30.1. The van der Waals surface area contributed by atoms with E-state index in [0.29, 0.717) is 0 Å². The van der Waals surface area contributed by atoms with E-state index in [1.807, 2.05) is 0 Å². The molecule has 7 aromatic rings. The predicted molar refractivity (Wildman–Crippen MR) is 215 cm³/mol. The second-order valence-electron chi connectivity index (χ2n) is 13.1. The predicted octanol–water partition coefficient (Wildman–Crippen LogP) is 2.91. The van der Waals surface area contributed by atoms with Gasteiger partial charge in [0.05, 0.1) is 50.8 Å². The quantitative estimate of drug-likeness (QED) is 0.0902. The first-order valence-corrected chi connectivity index (χ1v) is 18.0. The number of esters is 3. The molecular weight excluding hydrogens is 829 g/mol. The molecule has 0 spiro atoms. The van der Waals surface area contributed by atoms with Gasteiger partial charge in [-0.15, -0.1) is 30.7 Å². The topological polar surface area (TPSA) is 377 Å². The number of ether oxygens (including phenoxy) is 3.